The smallest absolute Gasteiger partial charge is 0.294 e. The molecule has 0 spiro atoms. The Morgan fingerprint density at radius 3 is 2.65 bits per heavy atom. The molecule has 1 amide bonds. The van der Waals surface area contributed by atoms with Gasteiger partial charge in [-0.3, -0.25) is 10.1 Å². The molecule has 0 aromatic carbocycles. The second kappa shape index (κ2) is 6.08. The van der Waals surface area contributed by atoms with Gasteiger partial charge in [0.25, 0.3) is 11.9 Å². The predicted molar refractivity (Wildman–Crippen MR) is 64.9 cm³/mol. The molecular weight excluding hydrogens is 220 g/mol. The van der Waals surface area contributed by atoms with Gasteiger partial charge < -0.3 is 9.15 Å². The first-order chi connectivity index (χ1) is 8.04. The highest BCUT2D eigenvalue weighted by Crippen LogP contribution is 2.05. The van der Waals surface area contributed by atoms with Crippen molar-refractivity contribution in [3.63, 3.8) is 0 Å². The SMILES string of the molecule is COC(=N[C@H](C)C(C)C)NC(=O)c1ccco1. The van der Waals surface area contributed by atoms with E-state index in [4.69, 9.17) is 9.15 Å². The Labute approximate surface area is 101 Å². The molecule has 1 heterocycles. The van der Waals surface area contributed by atoms with Crippen molar-refractivity contribution in [3.8, 4) is 0 Å². The minimum absolute atomic E-state index is 0.0712. The highest BCUT2D eigenvalue weighted by Gasteiger charge is 2.13. The second-order valence-corrected chi connectivity index (χ2v) is 4.05. The van der Waals surface area contributed by atoms with Crippen LogP contribution in [0.15, 0.2) is 27.8 Å². The maximum absolute atomic E-state index is 11.7. The molecule has 0 radical (unpaired) electrons. The molecule has 0 saturated heterocycles. The fraction of sp³-hybridized carbons (Fsp3) is 0.500. The van der Waals surface area contributed by atoms with Crippen LogP contribution in [-0.4, -0.2) is 25.1 Å². The van der Waals surface area contributed by atoms with E-state index in [-0.39, 0.29) is 23.7 Å². The topological polar surface area (TPSA) is 63.8 Å². The van der Waals surface area contributed by atoms with Crippen LogP contribution in [0.1, 0.15) is 31.3 Å². The molecule has 1 N–H and O–H groups in total. The number of hydrogen-bond acceptors (Lipinski definition) is 4. The summed E-state index contributed by atoms with van der Waals surface area (Å²) in [6.07, 6.45) is 1.44. The van der Waals surface area contributed by atoms with Gasteiger partial charge in [-0.25, -0.2) is 4.99 Å². The molecule has 1 aromatic rings. The molecule has 5 nitrogen and oxygen atoms in total. The normalized spacial score (nSPS) is 13.6. The molecule has 5 heteroatoms. The first-order valence-electron chi connectivity index (χ1n) is 5.51. The molecule has 0 unspecified atom stereocenters. The Bertz CT molecular complexity index is 382. The summed E-state index contributed by atoms with van der Waals surface area (Å²) in [5.74, 6) is 0.235. The maximum Gasteiger partial charge on any atom is 0.294 e. The Morgan fingerprint density at radius 2 is 2.18 bits per heavy atom. The quantitative estimate of drug-likeness (QED) is 0.647. The molecule has 1 atom stereocenters. The molecular formula is C12H18N2O3. The van der Waals surface area contributed by atoms with E-state index >= 15 is 0 Å². The van der Waals surface area contributed by atoms with E-state index in [9.17, 15) is 4.79 Å². The molecule has 1 aromatic heterocycles. The minimum Gasteiger partial charge on any atom is -0.468 e. The van der Waals surface area contributed by atoms with Crippen LogP contribution in [0.2, 0.25) is 0 Å². The van der Waals surface area contributed by atoms with Gasteiger partial charge in [-0.1, -0.05) is 13.8 Å². The minimum atomic E-state index is -0.369. The zero-order chi connectivity index (χ0) is 12.8. The monoisotopic (exact) mass is 238 g/mol. The zero-order valence-electron chi connectivity index (χ0n) is 10.6. The number of aliphatic imine (C=N–C) groups is 1. The van der Waals surface area contributed by atoms with Crippen LogP contribution in [0, 0.1) is 5.92 Å². The summed E-state index contributed by atoms with van der Waals surface area (Å²) in [5, 5.41) is 2.55. The number of nitrogens with one attached hydrogen (secondary N) is 1. The van der Waals surface area contributed by atoms with E-state index in [1.165, 1.54) is 13.4 Å². The van der Waals surface area contributed by atoms with Crippen molar-refractivity contribution in [3.05, 3.63) is 24.2 Å². The maximum atomic E-state index is 11.7. The highest BCUT2D eigenvalue weighted by molar-refractivity contribution is 6.02. The van der Waals surface area contributed by atoms with Crippen molar-refractivity contribution < 1.29 is 13.9 Å². The van der Waals surface area contributed by atoms with Crippen LogP contribution in [0.3, 0.4) is 0 Å². The Balaban J connectivity index is 2.67. The van der Waals surface area contributed by atoms with E-state index in [1.807, 2.05) is 6.92 Å². The standard InChI is InChI=1S/C12H18N2O3/c1-8(2)9(3)13-12(16-4)14-11(15)10-6-5-7-17-10/h5-9H,1-4H3,(H,13,14,15)/t9-/m1/s1. The number of furan rings is 1. The van der Waals surface area contributed by atoms with E-state index < -0.39 is 0 Å². The molecule has 94 valence electrons. The first-order valence-corrected chi connectivity index (χ1v) is 5.51. The van der Waals surface area contributed by atoms with Gasteiger partial charge in [0.15, 0.2) is 5.76 Å². The number of hydrogen-bond donors (Lipinski definition) is 1. The third-order valence-electron chi connectivity index (χ3n) is 2.44. The molecule has 0 saturated carbocycles. The van der Waals surface area contributed by atoms with Crippen molar-refractivity contribution in [1.82, 2.24) is 5.32 Å². The van der Waals surface area contributed by atoms with Crippen molar-refractivity contribution in [1.29, 1.82) is 0 Å². The summed E-state index contributed by atoms with van der Waals surface area (Å²) in [6, 6.07) is 3.50. The lowest BCUT2D eigenvalue weighted by molar-refractivity contribution is 0.0941. The molecule has 0 aliphatic heterocycles. The number of carbonyl (C=O) groups excluding carboxylic acids is 1. The van der Waals surface area contributed by atoms with E-state index in [1.54, 1.807) is 12.1 Å². The molecule has 0 aliphatic rings. The second-order valence-electron chi connectivity index (χ2n) is 4.05. The van der Waals surface area contributed by atoms with Crippen molar-refractivity contribution >= 4 is 11.9 Å². The zero-order valence-corrected chi connectivity index (χ0v) is 10.6. The van der Waals surface area contributed by atoms with Gasteiger partial charge >= 0.3 is 0 Å². The van der Waals surface area contributed by atoms with E-state index in [0.717, 1.165) is 0 Å². The van der Waals surface area contributed by atoms with Crippen LogP contribution >= 0.6 is 0 Å². The Kier molecular flexibility index (Phi) is 4.75. The largest absolute Gasteiger partial charge is 0.468 e. The van der Waals surface area contributed by atoms with Gasteiger partial charge in [-0.05, 0) is 25.0 Å². The summed E-state index contributed by atoms with van der Waals surface area (Å²) < 4.78 is 9.99. The number of methoxy groups -OCH3 is 1. The summed E-state index contributed by atoms with van der Waals surface area (Å²) in [7, 11) is 1.47. The number of amides is 1. The third-order valence-corrected chi connectivity index (χ3v) is 2.44. The molecule has 17 heavy (non-hydrogen) atoms. The van der Waals surface area contributed by atoms with Crippen LogP contribution in [0.4, 0.5) is 0 Å². The van der Waals surface area contributed by atoms with Crippen molar-refractivity contribution in [2.75, 3.05) is 7.11 Å². The molecule has 0 fully saturated rings. The Morgan fingerprint density at radius 1 is 1.47 bits per heavy atom. The van der Waals surface area contributed by atoms with Crippen LogP contribution in [-0.2, 0) is 4.74 Å². The number of amidine groups is 1. The van der Waals surface area contributed by atoms with Gasteiger partial charge in [0, 0.05) is 0 Å². The summed E-state index contributed by atoms with van der Waals surface area (Å²) in [5.41, 5.74) is 0. The third kappa shape index (κ3) is 3.94. The summed E-state index contributed by atoms with van der Waals surface area (Å²) in [6.45, 7) is 6.06. The lowest BCUT2D eigenvalue weighted by Gasteiger charge is -2.13. The number of rotatable bonds is 3. The average molecular weight is 238 g/mol. The molecule has 1 rings (SSSR count). The number of carbonyl (C=O) groups is 1. The highest BCUT2D eigenvalue weighted by atomic mass is 16.5. The fourth-order valence-corrected chi connectivity index (χ4v) is 1.04. The van der Waals surface area contributed by atoms with E-state index in [2.05, 4.69) is 24.2 Å². The lowest BCUT2D eigenvalue weighted by atomic mass is 10.1. The lowest BCUT2D eigenvalue weighted by Crippen LogP contribution is -2.33. The van der Waals surface area contributed by atoms with Gasteiger partial charge in [-0.2, -0.15) is 0 Å². The fourth-order valence-electron chi connectivity index (χ4n) is 1.04. The summed E-state index contributed by atoms with van der Waals surface area (Å²) >= 11 is 0. The van der Waals surface area contributed by atoms with Crippen LogP contribution in [0.25, 0.3) is 0 Å². The molecule has 0 bridgehead atoms. The van der Waals surface area contributed by atoms with Gasteiger partial charge in [-0.15, -0.1) is 0 Å². The average Bonchev–Trinajstić information content (AvgIpc) is 2.81. The van der Waals surface area contributed by atoms with Crippen molar-refractivity contribution in [2.45, 2.75) is 26.8 Å². The Hall–Kier alpha value is -1.78. The first kappa shape index (κ1) is 13.3. The number of nitrogens with zero attached hydrogens (tertiary/aromatic N) is 1. The summed E-state index contributed by atoms with van der Waals surface area (Å²) in [4.78, 5) is 15.9. The predicted octanol–water partition coefficient (Wildman–Crippen LogP) is 2.06. The van der Waals surface area contributed by atoms with Gasteiger partial charge in [0.2, 0.25) is 0 Å². The number of ether oxygens (including phenoxy) is 1. The van der Waals surface area contributed by atoms with Crippen molar-refractivity contribution in [2.24, 2.45) is 10.9 Å². The van der Waals surface area contributed by atoms with Crippen LogP contribution < -0.4 is 5.32 Å². The van der Waals surface area contributed by atoms with E-state index in [0.29, 0.717) is 5.92 Å². The van der Waals surface area contributed by atoms with Gasteiger partial charge in [0.1, 0.15) is 0 Å². The molecule has 0 aliphatic carbocycles. The van der Waals surface area contributed by atoms with Crippen LogP contribution in [0.5, 0.6) is 0 Å². The van der Waals surface area contributed by atoms with Gasteiger partial charge in [0.05, 0.1) is 19.4 Å².